The van der Waals surface area contributed by atoms with Crippen LogP contribution in [0.25, 0.3) is 10.9 Å². The van der Waals surface area contributed by atoms with Crippen molar-refractivity contribution in [2.24, 2.45) is 0 Å². The van der Waals surface area contributed by atoms with E-state index in [0.717, 1.165) is 42.5 Å². The minimum absolute atomic E-state index is 0. The number of fused-ring (bicyclic) bond motifs is 1. The quantitative estimate of drug-likeness (QED) is 0.682. The molecule has 1 aliphatic rings. The van der Waals surface area contributed by atoms with Gasteiger partial charge in [-0.1, -0.05) is 6.07 Å². The average molecular weight is 346 g/mol. The van der Waals surface area contributed by atoms with E-state index in [4.69, 9.17) is 0 Å². The number of nitrogens with one attached hydrogen (secondary N) is 3. The zero-order chi connectivity index (χ0) is 15.7. The van der Waals surface area contributed by atoms with Gasteiger partial charge in [0.15, 0.2) is 0 Å². The molecule has 1 saturated heterocycles. The standard InChI is InChI=1S/C17H19N5O.ClH/c23-16(21-15-4-1-3-14-13(15)5-9-19-14)17(6-10-18-11-7-17)22-12-2-8-20-22;/h1-5,8-9,12,18-19H,6-7,10-11H2,(H,21,23);1H. The number of piperidine rings is 1. The van der Waals surface area contributed by atoms with Crippen LogP contribution >= 0.6 is 12.4 Å². The Morgan fingerprint density at radius 1 is 1.21 bits per heavy atom. The fourth-order valence-electron chi connectivity index (χ4n) is 3.36. The number of hydrogen-bond acceptors (Lipinski definition) is 3. The maximum Gasteiger partial charge on any atom is 0.252 e. The summed E-state index contributed by atoms with van der Waals surface area (Å²) in [5.41, 5.74) is 1.22. The molecule has 3 heterocycles. The Morgan fingerprint density at radius 3 is 2.79 bits per heavy atom. The fraction of sp³-hybridized carbons (Fsp3) is 0.294. The van der Waals surface area contributed by atoms with Crippen LogP contribution in [-0.4, -0.2) is 33.8 Å². The maximum atomic E-state index is 13.1. The topological polar surface area (TPSA) is 74.7 Å². The van der Waals surface area contributed by atoms with Gasteiger partial charge in [0.25, 0.3) is 5.91 Å². The van der Waals surface area contributed by atoms with Crippen molar-refractivity contribution in [2.45, 2.75) is 18.4 Å². The molecule has 0 radical (unpaired) electrons. The molecule has 1 fully saturated rings. The molecule has 1 amide bonds. The van der Waals surface area contributed by atoms with Crippen molar-refractivity contribution in [3.05, 3.63) is 48.9 Å². The summed E-state index contributed by atoms with van der Waals surface area (Å²) in [6.45, 7) is 1.61. The van der Waals surface area contributed by atoms with E-state index in [9.17, 15) is 4.79 Å². The number of hydrogen-bond donors (Lipinski definition) is 3. The Labute approximate surface area is 146 Å². The first kappa shape index (κ1) is 16.5. The number of benzene rings is 1. The maximum absolute atomic E-state index is 13.1. The highest BCUT2D eigenvalue weighted by atomic mass is 35.5. The van der Waals surface area contributed by atoms with Crippen LogP contribution in [-0.2, 0) is 10.3 Å². The summed E-state index contributed by atoms with van der Waals surface area (Å²) in [5.74, 6) is -0.00333. The van der Waals surface area contributed by atoms with Gasteiger partial charge >= 0.3 is 0 Å². The highest BCUT2D eigenvalue weighted by molar-refractivity contribution is 6.04. The van der Waals surface area contributed by atoms with Gasteiger partial charge in [0, 0.05) is 29.5 Å². The highest BCUT2D eigenvalue weighted by Gasteiger charge is 2.42. The van der Waals surface area contributed by atoms with Gasteiger partial charge in [-0.3, -0.25) is 9.48 Å². The number of anilines is 1. The second-order valence-corrected chi connectivity index (χ2v) is 5.93. The van der Waals surface area contributed by atoms with Gasteiger partial charge in [-0.05, 0) is 50.2 Å². The van der Waals surface area contributed by atoms with Crippen LogP contribution in [0, 0.1) is 0 Å². The molecule has 0 bridgehead atoms. The molecule has 1 aliphatic heterocycles. The number of aromatic nitrogens is 3. The minimum Gasteiger partial charge on any atom is -0.361 e. The van der Waals surface area contributed by atoms with Crippen molar-refractivity contribution in [3.63, 3.8) is 0 Å². The fourth-order valence-corrected chi connectivity index (χ4v) is 3.36. The lowest BCUT2D eigenvalue weighted by Gasteiger charge is -2.36. The molecular formula is C17H20ClN5O. The third-order valence-corrected chi connectivity index (χ3v) is 4.64. The Bertz CT molecular complexity index is 821. The number of nitrogens with zero attached hydrogens (tertiary/aromatic N) is 2. The summed E-state index contributed by atoms with van der Waals surface area (Å²) in [6.07, 6.45) is 6.94. The van der Waals surface area contributed by atoms with E-state index in [0.29, 0.717) is 0 Å². The van der Waals surface area contributed by atoms with Crippen molar-refractivity contribution in [1.29, 1.82) is 0 Å². The van der Waals surface area contributed by atoms with E-state index in [-0.39, 0.29) is 18.3 Å². The number of rotatable bonds is 3. The lowest BCUT2D eigenvalue weighted by molar-refractivity contribution is -0.126. The predicted octanol–water partition coefficient (Wildman–Crippen LogP) is 2.50. The van der Waals surface area contributed by atoms with Crippen molar-refractivity contribution in [2.75, 3.05) is 18.4 Å². The van der Waals surface area contributed by atoms with Crippen molar-refractivity contribution < 1.29 is 4.79 Å². The molecule has 2 aromatic heterocycles. The zero-order valence-electron chi connectivity index (χ0n) is 13.2. The molecule has 0 spiro atoms. The molecule has 7 heteroatoms. The zero-order valence-corrected chi connectivity index (χ0v) is 14.0. The van der Waals surface area contributed by atoms with Crippen LogP contribution in [0.5, 0.6) is 0 Å². The highest BCUT2D eigenvalue weighted by Crippen LogP contribution is 2.30. The van der Waals surface area contributed by atoms with Crippen LogP contribution < -0.4 is 10.6 Å². The van der Waals surface area contributed by atoms with Gasteiger partial charge in [-0.2, -0.15) is 5.10 Å². The van der Waals surface area contributed by atoms with Gasteiger partial charge in [0.2, 0.25) is 0 Å². The number of aromatic amines is 1. The molecule has 4 rings (SSSR count). The number of halogens is 1. The summed E-state index contributed by atoms with van der Waals surface area (Å²) in [5, 5.41) is 11.8. The Balaban J connectivity index is 0.00000169. The molecule has 6 nitrogen and oxygen atoms in total. The normalized spacial score (nSPS) is 16.5. The molecule has 0 aliphatic carbocycles. The van der Waals surface area contributed by atoms with E-state index in [1.807, 2.05) is 42.7 Å². The monoisotopic (exact) mass is 345 g/mol. The second-order valence-electron chi connectivity index (χ2n) is 5.93. The SMILES string of the molecule is Cl.O=C(Nc1cccc2[nH]ccc12)C1(n2cccn2)CCNCC1. The molecule has 126 valence electrons. The third-order valence-electron chi connectivity index (χ3n) is 4.64. The lowest BCUT2D eigenvalue weighted by Crippen LogP contribution is -2.52. The first-order chi connectivity index (χ1) is 11.3. The summed E-state index contributed by atoms with van der Waals surface area (Å²) >= 11 is 0. The second kappa shape index (κ2) is 6.67. The molecular weight excluding hydrogens is 326 g/mol. The summed E-state index contributed by atoms with van der Waals surface area (Å²) < 4.78 is 1.81. The van der Waals surface area contributed by atoms with Gasteiger partial charge in [0.05, 0.1) is 5.69 Å². The molecule has 3 aromatic rings. The minimum atomic E-state index is -0.632. The van der Waals surface area contributed by atoms with E-state index >= 15 is 0 Å². The molecule has 0 saturated carbocycles. The van der Waals surface area contributed by atoms with Crippen molar-refractivity contribution in [1.82, 2.24) is 20.1 Å². The first-order valence-electron chi connectivity index (χ1n) is 7.88. The Kier molecular flexibility index (Phi) is 4.59. The van der Waals surface area contributed by atoms with E-state index < -0.39 is 5.54 Å². The van der Waals surface area contributed by atoms with Crippen LogP contribution in [0.3, 0.4) is 0 Å². The van der Waals surface area contributed by atoms with Crippen LogP contribution in [0.4, 0.5) is 5.69 Å². The van der Waals surface area contributed by atoms with Crippen molar-refractivity contribution >= 4 is 34.9 Å². The first-order valence-corrected chi connectivity index (χ1v) is 7.88. The van der Waals surface area contributed by atoms with E-state index in [1.54, 1.807) is 10.9 Å². The Morgan fingerprint density at radius 2 is 2.04 bits per heavy atom. The molecule has 1 aromatic carbocycles. The van der Waals surface area contributed by atoms with Gasteiger partial charge in [0.1, 0.15) is 5.54 Å². The summed E-state index contributed by atoms with van der Waals surface area (Å²) in [6, 6.07) is 9.72. The predicted molar refractivity (Wildman–Crippen MR) is 96.5 cm³/mol. The number of amides is 1. The molecule has 0 unspecified atom stereocenters. The molecule has 3 N–H and O–H groups in total. The average Bonchev–Trinajstić information content (AvgIpc) is 3.27. The van der Waals surface area contributed by atoms with E-state index in [1.165, 1.54) is 0 Å². The molecule has 24 heavy (non-hydrogen) atoms. The summed E-state index contributed by atoms with van der Waals surface area (Å²) in [4.78, 5) is 16.3. The van der Waals surface area contributed by atoms with Crippen LogP contribution in [0.2, 0.25) is 0 Å². The smallest absolute Gasteiger partial charge is 0.252 e. The van der Waals surface area contributed by atoms with Gasteiger partial charge < -0.3 is 15.6 Å². The van der Waals surface area contributed by atoms with Gasteiger partial charge in [-0.25, -0.2) is 0 Å². The largest absolute Gasteiger partial charge is 0.361 e. The summed E-state index contributed by atoms with van der Waals surface area (Å²) in [7, 11) is 0. The number of carbonyl (C=O) groups is 1. The Hall–Kier alpha value is -2.31. The lowest BCUT2D eigenvalue weighted by atomic mass is 9.87. The van der Waals surface area contributed by atoms with Crippen LogP contribution in [0.15, 0.2) is 48.9 Å². The number of carbonyl (C=O) groups excluding carboxylic acids is 1. The van der Waals surface area contributed by atoms with Crippen molar-refractivity contribution in [3.8, 4) is 0 Å². The third kappa shape index (κ3) is 2.68. The molecule has 0 atom stereocenters. The number of H-pyrrole nitrogens is 1. The van der Waals surface area contributed by atoms with E-state index in [2.05, 4.69) is 20.7 Å². The van der Waals surface area contributed by atoms with Crippen LogP contribution in [0.1, 0.15) is 12.8 Å². The van der Waals surface area contributed by atoms with Gasteiger partial charge in [-0.15, -0.1) is 12.4 Å².